The second-order valence-corrected chi connectivity index (χ2v) is 9.66. The normalized spacial score (nSPS) is 15.5. The molecule has 1 aromatic carbocycles. The highest BCUT2D eigenvalue weighted by atomic mass is 32.2. The van der Waals surface area contributed by atoms with E-state index in [4.69, 9.17) is 4.84 Å². The number of sulfonamides is 1. The standard InChI is InChI=1S/C22H21F2N5O5S/c1-3-6-35(32,33)29-16-5-4-15(23)18(19(16)24)20(30)14-10-26-21-13(14)8-12(9-25-21)27-22(31)17-7-11(2)34-28-17/h4-5,7-10,17,28-29H,3,6H2,1-2H3,(H,25,26)(H,27,31). The van der Waals surface area contributed by atoms with Crippen molar-refractivity contribution in [3.63, 3.8) is 0 Å². The van der Waals surface area contributed by atoms with Crippen LogP contribution in [-0.4, -0.2) is 41.9 Å². The SMILES string of the molecule is CCCS(=O)(=O)Nc1ccc(F)c(C(=O)c2c[nH]c3ncc(NC(=O)C4C=C(C)ON4)cc23)c1F. The number of halogens is 2. The number of fused-ring (bicyclic) bond motifs is 1. The highest BCUT2D eigenvalue weighted by Gasteiger charge is 2.26. The average Bonchev–Trinajstić information content (AvgIpc) is 3.41. The third-order valence-corrected chi connectivity index (χ3v) is 6.61. The number of hydroxylamine groups is 1. The maximum atomic E-state index is 15.1. The van der Waals surface area contributed by atoms with Gasteiger partial charge in [0.15, 0.2) is 5.82 Å². The number of benzene rings is 1. The molecule has 0 spiro atoms. The third kappa shape index (κ3) is 5.00. The zero-order valence-corrected chi connectivity index (χ0v) is 19.4. The van der Waals surface area contributed by atoms with Gasteiger partial charge in [-0.3, -0.25) is 14.3 Å². The molecule has 13 heteroatoms. The molecule has 3 heterocycles. The minimum absolute atomic E-state index is 0.118. The summed E-state index contributed by atoms with van der Waals surface area (Å²) in [5.41, 5.74) is 1.43. The molecule has 4 rings (SSSR count). The second kappa shape index (κ2) is 9.43. The number of H-pyrrole nitrogens is 1. The van der Waals surface area contributed by atoms with Gasteiger partial charge in [-0.15, -0.1) is 5.48 Å². The summed E-state index contributed by atoms with van der Waals surface area (Å²) in [6.45, 7) is 3.31. The Morgan fingerprint density at radius 1 is 1.26 bits per heavy atom. The molecule has 0 fully saturated rings. The molecule has 2 aromatic heterocycles. The van der Waals surface area contributed by atoms with Crippen molar-refractivity contribution in [3.05, 3.63) is 65.2 Å². The number of nitrogens with zero attached hydrogens (tertiary/aromatic N) is 1. The van der Waals surface area contributed by atoms with Crippen molar-refractivity contribution in [2.24, 2.45) is 0 Å². The number of carbonyl (C=O) groups excluding carboxylic acids is 2. The Morgan fingerprint density at radius 3 is 2.71 bits per heavy atom. The first-order chi connectivity index (χ1) is 16.6. The summed E-state index contributed by atoms with van der Waals surface area (Å²) in [7, 11) is -3.88. The van der Waals surface area contributed by atoms with Crippen LogP contribution in [0, 0.1) is 11.6 Å². The number of aromatic amines is 1. The Kier molecular flexibility index (Phi) is 6.54. The van der Waals surface area contributed by atoms with Crippen molar-refractivity contribution in [1.82, 2.24) is 15.4 Å². The molecule has 4 N–H and O–H groups in total. The van der Waals surface area contributed by atoms with Crippen molar-refractivity contribution in [1.29, 1.82) is 0 Å². The van der Waals surface area contributed by atoms with Crippen LogP contribution in [0.15, 0.2) is 42.4 Å². The van der Waals surface area contributed by atoms with Gasteiger partial charge < -0.3 is 15.1 Å². The predicted molar refractivity (Wildman–Crippen MR) is 124 cm³/mol. The van der Waals surface area contributed by atoms with E-state index in [0.717, 1.165) is 12.1 Å². The van der Waals surface area contributed by atoms with Crippen LogP contribution in [0.25, 0.3) is 11.0 Å². The van der Waals surface area contributed by atoms with Gasteiger partial charge in [0, 0.05) is 17.1 Å². The number of nitrogens with one attached hydrogen (secondary N) is 4. The van der Waals surface area contributed by atoms with E-state index in [-0.39, 0.29) is 34.5 Å². The molecule has 1 unspecified atom stereocenters. The first kappa shape index (κ1) is 24.3. The number of ketones is 1. The molecule has 1 atom stereocenters. The van der Waals surface area contributed by atoms with Gasteiger partial charge in [0.25, 0.3) is 0 Å². The Bertz CT molecular complexity index is 1470. The number of aromatic nitrogens is 2. The lowest BCUT2D eigenvalue weighted by atomic mass is 10.0. The van der Waals surface area contributed by atoms with Crippen LogP contribution >= 0.6 is 0 Å². The van der Waals surface area contributed by atoms with Gasteiger partial charge in [-0.25, -0.2) is 22.2 Å². The highest BCUT2D eigenvalue weighted by molar-refractivity contribution is 7.92. The minimum Gasteiger partial charge on any atom is -0.413 e. The quantitative estimate of drug-likeness (QED) is 0.345. The molecule has 0 aliphatic carbocycles. The molecule has 1 amide bonds. The molecule has 10 nitrogen and oxygen atoms in total. The Labute approximate surface area is 198 Å². The van der Waals surface area contributed by atoms with E-state index < -0.39 is 50.6 Å². The van der Waals surface area contributed by atoms with Crippen molar-refractivity contribution < 1.29 is 31.6 Å². The molecule has 184 valence electrons. The summed E-state index contributed by atoms with van der Waals surface area (Å²) >= 11 is 0. The number of pyridine rings is 1. The zero-order valence-electron chi connectivity index (χ0n) is 18.6. The molecule has 0 saturated carbocycles. The van der Waals surface area contributed by atoms with E-state index in [0.29, 0.717) is 5.76 Å². The molecule has 0 bridgehead atoms. The monoisotopic (exact) mass is 505 g/mol. The number of carbonyl (C=O) groups is 2. The van der Waals surface area contributed by atoms with Crippen molar-refractivity contribution in [2.45, 2.75) is 26.3 Å². The third-order valence-electron chi connectivity index (χ3n) is 5.13. The summed E-state index contributed by atoms with van der Waals surface area (Å²) < 4.78 is 55.8. The van der Waals surface area contributed by atoms with Crippen LogP contribution in [0.1, 0.15) is 36.2 Å². The summed E-state index contributed by atoms with van der Waals surface area (Å²) in [6, 6.07) is 2.42. The minimum atomic E-state index is -3.88. The number of allylic oxidation sites excluding steroid dienone is 1. The average molecular weight is 506 g/mol. The van der Waals surface area contributed by atoms with Crippen LogP contribution in [0.3, 0.4) is 0 Å². The number of rotatable bonds is 8. The fourth-order valence-corrected chi connectivity index (χ4v) is 4.66. The lowest BCUT2D eigenvalue weighted by Gasteiger charge is -2.11. The molecular weight excluding hydrogens is 484 g/mol. The van der Waals surface area contributed by atoms with Gasteiger partial charge in [0.2, 0.25) is 21.7 Å². The number of hydrogen-bond donors (Lipinski definition) is 4. The molecule has 1 aliphatic rings. The van der Waals surface area contributed by atoms with Crippen LogP contribution < -0.4 is 15.5 Å². The Morgan fingerprint density at radius 2 is 2.03 bits per heavy atom. The van der Waals surface area contributed by atoms with Gasteiger partial charge in [0.05, 0.1) is 28.9 Å². The Hall–Kier alpha value is -3.84. The van der Waals surface area contributed by atoms with E-state index in [1.807, 2.05) is 4.72 Å². The van der Waals surface area contributed by atoms with Gasteiger partial charge in [0.1, 0.15) is 23.3 Å². The van der Waals surface area contributed by atoms with Crippen LogP contribution in [-0.2, 0) is 19.7 Å². The fourth-order valence-electron chi connectivity index (χ4n) is 3.53. The molecule has 0 saturated heterocycles. The maximum absolute atomic E-state index is 15.1. The topological polar surface area (TPSA) is 142 Å². The number of amides is 1. The largest absolute Gasteiger partial charge is 0.413 e. The van der Waals surface area contributed by atoms with E-state index >= 15 is 4.39 Å². The number of hydrogen-bond acceptors (Lipinski definition) is 7. The van der Waals surface area contributed by atoms with E-state index in [9.17, 15) is 22.4 Å². The Balaban J connectivity index is 1.67. The summed E-state index contributed by atoms with van der Waals surface area (Å²) in [4.78, 5) is 37.5. The first-order valence-electron chi connectivity index (χ1n) is 10.5. The van der Waals surface area contributed by atoms with Crippen molar-refractivity contribution >= 4 is 44.1 Å². The van der Waals surface area contributed by atoms with Crippen molar-refractivity contribution in [3.8, 4) is 0 Å². The molecule has 3 aromatic rings. The van der Waals surface area contributed by atoms with Gasteiger partial charge in [-0.05, 0) is 37.6 Å². The molecule has 1 aliphatic heterocycles. The molecular formula is C22H21F2N5O5S. The highest BCUT2D eigenvalue weighted by Crippen LogP contribution is 2.28. The lowest BCUT2D eigenvalue weighted by molar-refractivity contribution is -0.118. The van der Waals surface area contributed by atoms with Crippen LogP contribution in [0.5, 0.6) is 0 Å². The maximum Gasteiger partial charge on any atom is 0.249 e. The summed E-state index contributed by atoms with van der Waals surface area (Å²) in [5.74, 6) is -3.72. The van der Waals surface area contributed by atoms with Crippen LogP contribution in [0.4, 0.5) is 20.2 Å². The van der Waals surface area contributed by atoms with Gasteiger partial charge >= 0.3 is 0 Å². The molecule has 0 radical (unpaired) electrons. The summed E-state index contributed by atoms with van der Waals surface area (Å²) in [6.07, 6.45) is 4.43. The van der Waals surface area contributed by atoms with Crippen molar-refractivity contribution in [2.75, 3.05) is 15.8 Å². The van der Waals surface area contributed by atoms with Gasteiger partial charge in [-0.1, -0.05) is 6.92 Å². The van der Waals surface area contributed by atoms with Crippen LogP contribution in [0.2, 0.25) is 0 Å². The first-order valence-corrected chi connectivity index (χ1v) is 12.2. The fraction of sp³-hybridized carbons (Fsp3) is 0.227. The molecule has 35 heavy (non-hydrogen) atoms. The van der Waals surface area contributed by atoms with E-state index in [1.54, 1.807) is 19.9 Å². The number of anilines is 2. The zero-order chi connectivity index (χ0) is 25.3. The van der Waals surface area contributed by atoms with E-state index in [1.165, 1.54) is 18.5 Å². The van der Waals surface area contributed by atoms with Gasteiger partial charge in [-0.2, -0.15) is 0 Å². The predicted octanol–water partition coefficient (Wildman–Crippen LogP) is 2.97. The van der Waals surface area contributed by atoms with E-state index in [2.05, 4.69) is 20.8 Å². The summed E-state index contributed by atoms with van der Waals surface area (Å²) in [5, 5.41) is 2.82. The smallest absolute Gasteiger partial charge is 0.249 e. The lowest BCUT2D eigenvalue weighted by Crippen LogP contribution is -2.35. The second-order valence-electron chi connectivity index (χ2n) is 7.82.